The van der Waals surface area contributed by atoms with Gasteiger partial charge in [0.05, 0.1) is 0 Å². The second-order valence-corrected chi connectivity index (χ2v) is 6.15. The van der Waals surface area contributed by atoms with Crippen molar-refractivity contribution in [1.82, 2.24) is 4.90 Å². The minimum Gasteiger partial charge on any atom is -0.330 e. The first-order valence-electron chi connectivity index (χ1n) is 7.14. The Kier molecular flexibility index (Phi) is 4.26. The van der Waals surface area contributed by atoms with Crippen molar-refractivity contribution < 1.29 is 0 Å². The normalized spacial score (nSPS) is 41.4. The molecule has 1 aliphatic heterocycles. The van der Waals surface area contributed by atoms with Crippen LogP contribution in [0.5, 0.6) is 0 Å². The van der Waals surface area contributed by atoms with E-state index in [1.165, 1.54) is 45.2 Å². The zero-order valence-electron chi connectivity index (χ0n) is 11.0. The molecule has 0 bridgehead atoms. The SMILES string of the molecule is CC1CCC(N2CCC(CCN)C2)CC1C. The van der Waals surface area contributed by atoms with Gasteiger partial charge in [0.25, 0.3) is 0 Å². The Hall–Kier alpha value is -0.0800. The van der Waals surface area contributed by atoms with Crippen LogP contribution < -0.4 is 5.73 Å². The molecule has 1 saturated heterocycles. The molecule has 1 saturated carbocycles. The maximum absolute atomic E-state index is 5.65. The summed E-state index contributed by atoms with van der Waals surface area (Å²) in [6.07, 6.45) is 6.91. The molecule has 94 valence electrons. The number of nitrogens with two attached hydrogens (primary N) is 1. The second-order valence-electron chi connectivity index (χ2n) is 6.15. The van der Waals surface area contributed by atoms with Crippen molar-refractivity contribution in [3.63, 3.8) is 0 Å². The zero-order valence-corrected chi connectivity index (χ0v) is 11.0. The van der Waals surface area contributed by atoms with E-state index in [4.69, 9.17) is 5.73 Å². The van der Waals surface area contributed by atoms with Crippen molar-refractivity contribution in [2.45, 2.75) is 52.0 Å². The summed E-state index contributed by atoms with van der Waals surface area (Å²) in [4.78, 5) is 2.75. The predicted molar refractivity (Wildman–Crippen MR) is 69.3 cm³/mol. The molecule has 4 atom stereocenters. The van der Waals surface area contributed by atoms with Crippen molar-refractivity contribution in [1.29, 1.82) is 0 Å². The highest BCUT2D eigenvalue weighted by Crippen LogP contribution is 2.34. The highest BCUT2D eigenvalue weighted by molar-refractivity contribution is 4.86. The monoisotopic (exact) mass is 224 g/mol. The predicted octanol–water partition coefficient (Wildman–Crippen LogP) is 2.48. The van der Waals surface area contributed by atoms with Crippen molar-refractivity contribution >= 4 is 0 Å². The molecule has 0 spiro atoms. The molecule has 1 heterocycles. The molecule has 0 aromatic rings. The van der Waals surface area contributed by atoms with Gasteiger partial charge in [-0.2, -0.15) is 0 Å². The first-order valence-corrected chi connectivity index (χ1v) is 7.14. The van der Waals surface area contributed by atoms with Crippen molar-refractivity contribution in [2.24, 2.45) is 23.5 Å². The fourth-order valence-electron chi connectivity index (χ4n) is 3.52. The molecule has 0 radical (unpaired) electrons. The Balaban J connectivity index is 1.81. The summed E-state index contributed by atoms with van der Waals surface area (Å²) in [5, 5.41) is 0. The van der Waals surface area contributed by atoms with Gasteiger partial charge in [0.15, 0.2) is 0 Å². The second kappa shape index (κ2) is 5.50. The summed E-state index contributed by atoms with van der Waals surface area (Å²) in [5.74, 6) is 2.76. The van der Waals surface area contributed by atoms with Crippen LogP contribution >= 0.6 is 0 Å². The van der Waals surface area contributed by atoms with Gasteiger partial charge in [-0.3, -0.25) is 0 Å². The Morgan fingerprint density at radius 1 is 1.12 bits per heavy atom. The fraction of sp³-hybridized carbons (Fsp3) is 1.00. The summed E-state index contributed by atoms with van der Waals surface area (Å²) in [6.45, 7) is 8.38. The third-order valence-corrected chi connectivity index (χ3v) is 4.98. The zero-order chi connectivity index (χ0) is 11.5. The maximum atomic E-state index is 5.65. The van der Waals surface area contributed by atoms with Gasteiger partial charge in [0, 0.05) is 12.6 Å². The highest BCUT2D eigenvalue weighted by atomic mass is 15.2. The van der Waals surface area contributed by atoms with E-state index in [1.807, 2.05) is 0 Å². The van der Waals surface area contributed by atoms with E-state index < -0.39 is 0 Å². The standard InChI is InChI=1S/C14H28N2/c1-11-3-4-14(9-12(11)2)16-8-6-13(10-16)5-7-15/h11-14H,3-10,15H2,1-2H3. The van der Waals surface area contributed by atoms with Crippen LogP contribution in [0.1, 0.15) is 46.0 Å². The molecule has 16 heavy (non-hydrogen) atoms. The molecule has 0 aromatic heterocycles. The Bertz CT molecular complexity index is 217. The summed E-state index contributed by atoms with van der Waals surface area (Å²) in [7, 11) is 0. The minimum absolute atomic E-state index is 0.872. The summed E-state index contributed by atoms with van der Waals surface area (Å²) < 4.78 is 0. The topological polar surface area (TPSA) is 29.3 Å². The lowest BCUT2D eigenvalue weighted by Crippen LogP contribution is -2.39. The molecular weight excluding hydrogens is 196 g/mol. The van der Waals surface area contributed by atoms with Crippen LogP contribution in [0.4, 0.5) is 0 Å². The van der Waals surface area contributed by atoms with Crippen LogP contribution in [0.25, 0.3) is 0 Å². The Morgan fingerprint density at radius 2 is 1.94 bits per heavy atom. The maximum Gasteiger partial charge on any atom is 0.00981 e. The van der Waals surface area contributed by atoms with Crippen LogP contribution in [0.2, 0.25) is 0 Å². The molecule has 2 N–H and O–H groups in total. The Labute approximate surface area is 101 Å². The van der Waals surface area contributed by atoms with Crippen LogP contribution in [0.3, 0.4) is 0 Å². The van der Waals surface area contributed by atoms with Crippen LogP contribution in [0.15, 0.2) is 0 Å². The quantitative estimate of drug-likeness (QED) is 0.798. The Morgan fingerprint density at radius 3 is 2.62 bits per heavy atom. The van der Waals surface area contributed by atoms with Gasteiger partial charge in [0.2, 0.25) is 0 Å². The molecule has 2 aliphatic rings. The van der Waals surface area contributed by atoms with Gasteiger partial charge in [0.1, 0.15) is 0 Å². The highest BCUT2D eigenvalue weighted by Gasteiger charge is 2.32. The van der Waals surface area contributed by atoms with E-state index in [9.17, 15) is 0 Å². The van der Waals surface area contributed by atoms with Crippen LogP contribution in [-0.4, -0.2) is 30.6 Å². The van der Waals surface area contributed by atoms with E-state index in [0.717, 1.165) is 30.3 Å². The largest absolute Gasteiger partial charge is 0.330 e. The van der Waals surface area contributed by atoms with Gasteiger partial charge in [-0.15, -0.1) is 0 Å². The lowest BCUT2D eigenvalue weighted by Gasteiger charge is -2.37. The third-order valence-electron chi connectivity index (χ3n) is 4.98. The van der Waals surface area contributed by atoms with Crippen LogP contribution in [-0.2, 0) is 0 Å². The van der Waals surface area contributed by atoms with Gasteiger partial charge >= 0.3 is 0 Å². The van der Waals surface area contributed by atoms with Crippen molar-refractivity contribution in [2.75, 3.05) is 19.6 Å². The summed E-state index contributed by atoms with van der Waals surface area (Å²) in [5.41, 5.74) is 5.65. The average Bonchev–Trinajstić information content (AvgIpc) is 2.71. The molecule has 2 fully saturated rings. The van der Waals surface area contributed by atoms with Gasteiger partial charge < -0.3 is 10.6 Å². The van der Waals surface area contributed by atoms with E-state index in [-0.39, 0.29) is 0 Å². The molecule has 2 rings (SSSR count). The smallest absolute Gasteiger partial charge is 0.00981 e. The van der Waals surface area contributed by atoms with E-state index >= 15 is 0 Å². The van der Waals surface area contributed by atoms with Gasteiger partial charge in [-0.05, 0) is 62.9 Å². The number of nitrogens with zero attached hydrogens (tertiary/aromatic N) is 1. The number of rotatable bonds is 3. The summed E-state index contributed by atoms with van der Waals surface area (Å²) in [6, 6.07) is 0.883. The minimum atomic E-state index is 0.872. The summed E-state index contributed by atoms with van der Waals surface area (Å²) >= 11 is 0. The van der Waals surface area contributed by atoms with Crippen molar-refractivity contribution in [3.8, 4) is 0 Å². The van der Waals surface area contributed by atoms with Gasteiger partial charge in [-0.25, -0.2) is 0 Å². The number of hydrogen-bond acceptors (Lipinski definition) is 2. The van der Waals surface area contributed by atoms with Gasteiger partial charge in [-0.1, -0.05) is 13.8 Å². The van der Waals surface area contributed by atoms with E-state index in [2.05, 4.69) is 18.7 Å². The molecule has 2 heteroatoms. The molecule has 0 aromatic carbocycles. The lowest BCUT2D eigenvalue weighted by atomic mass is 9.78. The lowest BCUT2D eigenvalue weighted by molar-refractivity contribution is 0.127. The number of likely N-dealkylation sites (tertiary alicyclic amines) is 1. The first-order chi connectivity index (χ1) is 7.70. The van der Waals surface area contributed by atoms with E-state index in [1.54, 1.807) is 0 Å². The first kappa shape index (κ1) is 12.4. The molecule has 2 nitrogen and oxygen atoms in total. The fourth-order valence-corrected chi connectivity index (χ4v) is 3.52. The molecule has 1 aliphatic carbocycles. The third kappa shape index (κ3) is 2.78. The van der Waals surface area contributed by atoms with Crippen LogP contribution in [0, 0.1) is 17.8 Å². The number of hydrogen-bond donors (Lipinski definition) is 1. The van der Waals surface area contributed by atoms with Crippen molar-refractivity contribution in [3.05, 3.63) is 0 Å². The molecule has 4 unspecified atom stereocenters. The molecular formula is C14H28N2. The van der Waals surface area contributed by atoms with E-state index in [0.29, 0.717) is 0 Å². The molecule has 0 amide bonds. The average molecular weight is 224 g/mol.